The van der Waals surface area contributed by atoms with Crippen LogP contribution in [0.25, 0.3) is 11.1 Å². The lowest BCUT2D eigenvalue weighted by molar-refractivity contribution is -0.138. The van der Waals surface area contributed by atoms with Crippen LogP contribution in [0.2, 0.25) is 10.0 Å². The van der Waals surface area contributed by atoms with Crippen LogP contribution in [0, 0.1) is 5.82 Å². The van der Waals surface area contributed by atoms with Crippen LogP contribution in [-0.4, -0.2) is 68.0 Å². The first kappa shape index (κ1) is 38.6. The average molecular weight is 792 g/mol. The van der Waals surface area contributed by atoms with Crippen molar-refractivity contribution in [3.05, 3.63) is 87.5 Å². The zero-order valence-corrected chi connectivity index (χ0v) is 32.2. The Morgan fingerprint density at radius 1 is 1.07 bits per heavy atom. The molecule has 4 N–H and O–H groups in total. The van der Waals surface area contributed by atoms with E-state index in [0.717, 1.165) is 55.5 Å². The molecule has 0 aliphatic carbocycles. The minimum atomic E-state index is -0.688. The zero-order valence-electron chi connectivity index (χ0n) is 30.7. The predicted molar refractivity (Wildman–Crippen MR) is 209 cm³/mol. The molecule has 3 aliphatic rings. The van der Waals surface area contributed by atoms with E-state index in [2.05, 4.69) is 37.7 Å². The fraction of sp³-hybridized carbons (Fsp3) is 0.425. The monoisotopic (exact) mass is 790 g/mol. The fourth-order valence-corrected chi connectivity index (χ4v) is 8.44. The first-order valence-corrected chi connectivity index (χ1v) is 19.6. The standard InChI is InChI=1S/C40H45Cl2FN8O4/c1-24(37-30(41)9-10-31(43)38(37)42)55-34-18-26(19-46-39(34)44)27-20-47-51(22-27)28-13-16-49(17-14-28)36(53)8-3-2-4-15-45-32-7-5-6-25-21-50(23-29(25)32)33-11-12-35(52)48-40(33)54/h5-7,9-10,18-20,22,24,28,33,45H,2-4,8,11-17,21,23H2,1H3,(H2,44,46)(H,48,52,54)/t24-,33?/m1/s1. The third-order valence-corrected chi connectivity index (χ3v) is 11.6. The molecule has 3 amide bonds. The SMILES string of the molecule is C[C@@H](Oc1cc(-c2cnn(C3CCN(C(=O)CCCCCNc4cccc5c4CN(C4CCC(=O)NC4=O)C5)CC3)c2)cnc1N)c1c(Cl)ccc(F)c1Cl. The van der Waals surface area contributed by atoms with Crippen LogP contribution in [0.15, 0.2) is 55.0 Å². The van der Waals surface area contributed by atoms with E-state index in [1.807, 2.05) is 21.8 Å². The average Bonchev–Trinajstić information content (AvgIpc) is 3.84. The normalized spacial score (nSPS) is 18.3. The highest BCUT2D eigenvalue weighted by Crippen LogP contribution is 2.37. The van der Waals surface area contributed by atoms with Gasteiger partial charge in [-0.25, -0.2) is 9.37 Å². The van der Waals surface area contributed by atoms with E-state index < -0.39 is 11.9 Å². The van der Waals surface area contributed by atoms with E-state index in [0.29, 0.717) is 56.8 Å². The molecule has 2 fully saturated rings. The second kappa shape index (κ2) is 17.0. The Balaban J connectivity index is 0.835. The number of pyridine rings is 1. The van der Waals surface area contributed by atoms with Gasteiger partial charge in [-0.2, -0.15) is 5.10 Å². The number of hydrogen-bond donors (Lipinski definition) is 3. The smallest absolute Gasteiger partial charge is 0.243 e. The van der Waals surface area contributed by atoms with Crippen LogP contribution < -0.4 is 21.1 Å². The van der Waals surface area contributed by atoms with Gasteiger partial charge in [-0.1, -0.05) is 41.8 Å². The number of carbonyl (C=O) groups excluding carboxylic acids is 3. The molecule has 7 rings (SSSR count). The molecule has 3 aliphatic heterocycles. The van der Waals surface area contributed by atoms with Gasteiger partial charge in [0.05, 0.1) is 23.3 Å². The minimum absolute atomic E-state index is 0.101. The van der Waals surface area contributed by atoms with Gasteiger partial charge in [0.1, 0.15) is 11.9 Å². The minimum Gasteiger partial charge on any atom is -0.482 e. The van der Waals surface area contributed by atoms with Crippen molar-refractivity contribution < 1.29 is 23.5 Å². The van der Waals surface area contributed by atoms with E-state index in [9.17, 15) is 18.8 Å². The Bertz CT molecular complexity index is 2070. The maximum absolute atomic E-state index is 14.1. The van der Waals surface area contributed by atoms with Gasteiger partial charge in [-0.05, 0) is 74.4 Å². The Hall–Kier alpha value is -4.72. The van der Waals surface area contributed by atoms with Gasteiger partial charge in [0, 0.05) is 85.4 Å². The zero-order chi connectivity index (χ0) is 38.6. The summed E-state index contributed by atoms with van der Waals surface area (Å²) in [5, 5.41) is 10.9. The molecule has 2 saturated heterocycles. The van der Waals surface area contributed by atoms with Crippen molar-refractivity contribution >= 4 is 52.4 Å². The number of aromatic nitrogens is 3. The number of hydrogen-bond acceptors (Lipinski definition) is 9. The van der Waals surface area contributed by atoms with Crippen molar-refractivity contribution in [2.75, 3.05) is 30.7 Å². The first-order valence-electron chi connectivity index (χ1n) is 18.9. The van der Waals surface area contributed by atoms with Gasteiger partial charge < -0.3 is 20.7 Å². The summed E-state index contributed by atoms with van der Waals surface area (Å²) in [6, 6.07) is 10.5. The third kappa shape index (κ3) is 8.74. The van der Waals surface area contributed by atoms with E-state index in [4.69, 9.17) is 33.7 Å². The van der Waals surface area contributed by atoms with E-state index in [1.54, 1.807) is 25.4 Å². The van der Waals surface area contributed by atoms with Crippen molar-refractivity contribution in [1.82, 2.24) is 29.9 Å². The van der Waals surface area contributed by atoms with E-state index in [-0.39, 0.29) is 45.7 Å². The number of imide groups is 1. The molecule has 0 bridgehead atoms. The van der Waals surface area contributed by atoms with Crippen LogP contribution in [0.3, 0.4) is 0 Å². The summed E-state index contributed by atoms with van der Waals surface area (Å²) in [4.78, 5) is 45.5. The number of fused-ring (bicyclic) bond motifs is 1. The van der Waals surface area contributed by atoms with Crippen LogP contribution in [-0.2, 0) is 27.5 Å². The van der Waals surface area contributed by atoms with Gasteiger partial charge in [0.15, 0.2) is 11.6 Å². The number of benzene rings is 2. The van der Waals surface area contributed by atoms with E-state index >= 15 is 0 Å². The molecule has 2 aromatic carbocycles. The molecule has 1 unspecified atom stereocenters. The number of nitrogens with one attached hydrogen (secondary N) is 2. The van der Waals surface area contributed by atoms with Gasteiger partial charge in [0.25, 0.3) is 0 Å². The molecule has 2 aromatic heterocycles. The topological polar surface area (TPSA) is 148 Å². The molecule has 15 heteroatoms. The molecule has 4 aromatic rings. The molecular weight excluding hydrogens is 746 g/mol. The number of piperidine rings is 2. The quantitative estimate of drug-likeness (QED) is 0.0735. The van der Waals surface area contributed by atoms with Crippen molar-refractivity contribution in [2.24, 2.45) is 0 Å². The molecule has 0 spiro atoms. The summed E-state index contributed by atoms with van der Waals surface area (Å²) in [6.45, 7) is 5.26. The van der Waals surface area contributed by atoms with Crippen molar-refractivity contribution in [3.63, 3.8) is 0 Å². The number of halogens is 3. The summed E-state index contributed by atoms with van der Waals surface area (Å²) in [5.41, 5.74) is 11.6. The largest absolute Gasteiger partial charge is 0.482 e. The molecule has 0 saturated carbocycles. The maximum Gasteiger partial charge on any atom is 0.243 e. The Morgan fingerprint density at radius 3 is 2.69 bits per heavy atom. The summed E-state index contributed by atoms with van der Waals surface area (Å²) < 4.78 is 22.1. The number of unbranched alkanes of at least 4 members (excludes halogenated alkanes) is 2. The maximum atomic E-state index is 14.1. The first-order chi connectivity index (χ1) is 26.5. The molecular formula is C40H45Cl2FN8O4. The number of nitrogens with two attached hydrogens (primary N) is 1. The van der Waals surface area contributed by atoms with Crippen LogP contribution in [0.5, 0.6) is 5.75 Å². The lowest BCUT2D eigenvalue weighted by Gasteiger charge is -2.32. The number of likely N-dealkylation sites (tertiary alicyclic amines) is 1. The summed E-state index contributed by atoms with van der Waals surface area (Å²) >= 11 is 12.5. The highest BCUT2D eigenvalue weighted by Gasteiger charge is 2.35. The van der Waals surface area contributed by atoms with Crippen LogP contribution >= 0.6 is 23.2 Å². The Kier molecular flexibility index (Phi) is 11.9. The van der Waals surface area contributed by atoms with Gasteiger partial charge in [0.2, 0.25) is 17.7 Å². The Labute approximate surface area is 329 Å². The number of amides is 3. The molecule has 5 heterocycles. The number of ether oxygens (including phenoxy) is 1. The second-order valence-corrected chi connectivity index (χ2v) is 15.3. The number of rotatable bonds is 13. The van der Waals surface area contributed by atoms with Gasteiger partial charge >= 0.3 is 0 Å². The molecule has 55 heavy (non-hydrogen) atoms. The summed E-state index contributed by atoms with van der Waals surface area (Å²) in [6.07, 6.45) is 10.5. The molecule has 12 nitrogen and oxygen atoms in total. The van der Waals surface area contributed by atoms with Crippen molar-refractivity contribution in [1.29, 1.82) is 0 Å². The van der Waals surface area contributed by atoms with Crippen LogP contribution in [0.4, 0.5) is 15.9 Å². The number of anilines is 2. The van der Waals surface area contributed by atoms with Gasteiger partial charge in [-0.3, -0.25) is 29.3 Å². The highest BCUT2D eigenvalue weighted by atomic mass is 35.5. The number of nitrogen functional groups attached to an aromatic ring is 1. The molecule has 290 valence electrons. The van der Waals surface area contributed by atoms with Gasteiger partial charge in [-0.15, -0.1) is 0 Å². The lowest BCUT2D eigenvalue weighted by atomic mass is 10.0. The fourth-order valence-electron chi connectivity index (χ4n) is 7.76. The van der Waals surface area contributed by atoms with Crippen molar-refractivity contribution in [2.45, 2.75) is 89.6 Å². The predicted octanol–water partition coefficient (Wildman–Crippen LogP) is 7.07. The summed E-state index contributed by atoms with van der Waals surface area (Å²) in [7, 11) is 0. The van der Waals surface area contributed by atoms with E-state index in [1.165, 1.54) is 23.3 Å². The highest BCUT2D eigenvalue weighted by molar-refractivity contribution is 6.36. The number of nitrogens with zero attached hydrogens (tertiary/aromatic N) is 5. The lowest BCUT2D eigenvalue weighted by Crippen LogP contribution is -2.50. The molecule has 2 atom stereocenters. The second-order valence-electron chi connectivity index (χ2n) is 14.5. The summed E-state index contributed by atoms with van der Waals surface area (Å²) in [5.74, 6) is -0.297. The van der Waals surface area contributed by atoms with Crippen LogP contribution in [0.1, 0.15) is 87.1 Å². The van der Waals surface area contributed by atoms with Crippen molar-refractivity contribution in [3.8, 4) is 16.9 Å². The third-order valence-electron chi connectivity index (χ3n) is 10.8. The Morgan fingerprint density at radius 2 is 1.89 bits per heavy atom. The number of carbonyl (C=O) groups is 3. The molecule has 0 radical (unpaired) electrons.